The lowest BCUT2D eigenvalue weighted by molar-refractivity contribution is 0.103. The first-order chi connectivity index (χ1) is 8.72. The molecule has 0 aliphatic rings. The second-order valence-electron chi connectivity index (χ2n) is 3.56. The van der Waals surface area contributed by atoms with E-state index in [4.69, 9.17) is 11.6 Å². The topological polar surface area (TPSA) is 46.5 Å². The molecule has 0 spiro atoms. The lowest BCUT2D eigenvalue weighted by Crippen LogP contribution is -2.01. The fraction of sp³-hybridized carbons (Fsp3) is 0. The van der Waals surface area contributed by atoms with E-state index in [1.54, 1.807) is 36.4 Å². The molecule has 0 heterocycles. The molecule has 0 saturated carbocycles. The summed E-state index contributed by atoms with van der Waals surface area (Å²) in [4.78, 5) is 26.1. The largest absolute Gasteiger partial charge is 0.289 e. The number of halogens is 1. The molecule has 0 aliphatic carbocycles. The molecular formula is C14H8ClNO2. The summed E-state index contributed by atoms with van der Waals surface area (Å²) in [5.74, 6) is -0.207. The van der Waals surface area contributed by atoms with Crippen molar-refractivity contribution >= 4 is 29.2 Å². The molecule has 0 amide bonds. The molecule has 0 bridgehead atoms. The standard InChI is InChI=1S/C14H8ClNO2/c15-11-6-7-12(13(8-11)16-9-17)14(18)10-4-2-1-3-5-10/h1-8H. The average Bonchev–Trinajstić information content (AvgIpc) is 2.40. The van der Waals surface area contributed by atoms with Gasteiger partial charge in [0.15, 0.2) is 5.78 Å². The van der Waals surface area contributed by atoms with Gasteiger partial charge in [0.2, 0.25) is 6.08 Å². The van der Waals surface area contributed by atoms with Gasteiger partial charge in [-0.3, -0.25) is 4.79 Å². The summed E-state index contributed by atoms with van der Waals surface area (Å²) in [6, 6.07) is 13.4. The fourth-order valence-corrected chi connectivity index (χ4v) is 1.75. The predicted molar refractivity (Wildman–Crippen MR) is 69.1 cm³/mol. The summed E-state index contributed by atoms with van der Waals surface area (Å²) in [6.45, 7) is 0. The number of ketones is 1. The number of nitrogens with zero attached hydrogens (tertiary/aromatic N) is 1. The quantitative estimate of drug-likeness (QED) is 0.480. The average molecular weight is 258 g/mol. The lowest BCUT2D eigenvalue weighted by Gasteiger charge is -2.04. The van der Waals surface area contributed by atoms with Crippen molar-refractivity contribution in [3.05, 3.63) is 64.7 Å². The number of hydrogen-bond acceptors (Lipinski definition) is 3. The number of aliphatic imine (C=N–C) groups is 1. The Bertz CT molecular complexity index is 631. The van der Waals surface area contributed by atoms with E-state index in [0.717, 1.165) is 0 Å². The van der Waals surface area contributed by atoms with Crippen molar-refractivity contribution in [2.24, 2.45) is 4.99 Å². The zero-order chi connectivity index (χ0) is 13.0. The van der Waals surface area contributed by atoms with Crippen LogP contribution < -0.4 is 0 Å². The molecule has 0 radical (unpaired) electrons. The van der Waals surface area contributed by atoms with Crippen LogP contribution in [0.15, 0.2) is 53.5 Å². The Hall–Kier alpha value is -2.22. The molecule has 2 aromatic carbocycles. The molecule has 0 aliphatic heterocycles. The predicted octanol–water partition coefficient (Wildman–Crippen LogP) is 3.54. The molecular weight excluding hydrogens is 250 g/mol. The molecule has 0 atom stereocenters. The highest BCUT2D eigenvalue weighted by Gasteiger charge is 2.13. The number of carbonyl (C=O) groups is 1. The van der Waals surface area contributed by atoms with Crippen molar-refractivity contribution in [3.63, 3.8) is 0 Å². The number of hydrogen-bond donors (Lipinski definition) is 0. The monoisotopic (exact) mass is 257 g/mol. The Morgan fingerprint density at radius 1 is 1.11 bits per heavy atom. The SMILES string of the molecule is O=C=Nc1cc(Cl)ccc1C(=O)c1ccccc1. The van der Waals surface area contributed by atoms with E-state index in [1.807, 2.05) is 6.07 Å². The maximum Gasteiger partial charge on any atom is 0.240 e. The van der Waals surface area contributed by atoms with Crippen molar-refractivity contribution in [3.8, 4) is 0 Å². The highest BCUT2D eigenvalue weighted by atomic mass is 35.5. The molecule has 0 unspecified atom stereocenters. The molecule has 2 aromatic rings. The molecule has 0 N–H and O–H groups in total. The number of isocyanates is 1. The number of rotatable bonds is 3. The first kappa shape index (κ1) is 12.2. The van der Waals surface area contributed by atoms with Crippen LogP contribution in [0, 0.1) is 0 Å². The van der Waals surface area contributed by atoms with Gasteiger partial charge in [-0.05, 0) is 18.2 Å². The normalized spacial score (nSPS) is 9.61. The summed E-state index contributed by atoms with van der Waals surface area (Å²) in [7, 11) is 0. The molecule has 2 rings (SSSR count). The van der Waals surface area contributed by atoms with Crippen LogP contribution in [0.4, 0.5) is 5.69 Å². The van der Waals surface area contributed by atoms with Crippen LogP contribution in [0.2, 0.25) is 5.02 Å². The minimum Gasteiger partial charge on any atom is -0.289 e. The third-order valence-corrected chi connectivity index (χ3v) is 2.64. The Morgan fingerprint density at radius 3 is 2.50 bits per heavy atom. The van der Waals surface area contributed by atoms with Crippen molar-refractivity contribution in [2.75, 3.05) is 0 Å². The Kier molecular flexibility index (Phi) is 3.68. The van der Waals surface area contributed by atoms with Gasteiger partial charge in [0.25, 0.3) is 0 Å². The number of benzene rings is 2. The fourth-order valence-electron chi connectivity index (χ4n) is 1.58. The molecule has 18 heavy (non-hydrogen) atoms. The summed E-state index contributed by atoms with van der Waals surface area (Å²) in [5, 5.41) is 0.411. The zero-order valence-electron chi connectivity index (χ0n) is 9.26. The first-order valence-electron chi connectivity index (χ1n) is 5.19. The molecule has 0 aromatic heterocycles. The second kappa shape index (κ2) is 5.41. The molecule has 4 heteroatoms. The van der Waals surface area contributed by atoms with Crippen LogP contribution in [0.5, 0.6) is 0 Å². The van der Waals surface area contributed by atoms with Crippen LogP contribution in [-0.2, 0) is 4.79 Å². The molecule has 0 fully saturated rings. The van der Waals surface area contributed by atoms with Gasteiger partial charge >= 0.3 is 0 Å². The first-order valence-corrected chi connectivity index (χ1v) is 5.57. The molecule has 88 valence electrons. The maximum absolute atomic E-state index is 12.2. The van der Waals surface area contributed by atoms with Crippen LogP contribution in [0.25, 0.3) is 0 Å². The van der Waals surface area contributed by atoms with E-state index in [0.29, 0.717) is 16.1 Å². The minimum absolute atomic E-state index is 0.207. The van der Waals surface area contributed by atoms with Gasteiger partial charge in [0.05, 0.1) is 5.69 Å². The minimum atomic E-state index is -0.207. The Morgan fingerprint density at radius 2 is 1.83 bits per heavy atom. The Balaban J connectivity index is 2.51. The summed E-state index contributed by atoms with van der Waals surface area (Å²) < 4.78 is 0. The lowest BCUT2D eigenvalue weighted by atomic mass is 10.0. The van der Waals surface area contributed by atoms with Gasteiger partial charge in [0, 0.05) is 16.1 Å². The maximum atomic E-state index is 12.2. The van der Waals surface area contributed by atoms with Gasteiger partial charge in [-0.15, -0.1) is 0 Å². The van der Waals surface area contributed by atoms with Gasteiger partial charge < -0.3 is 0 Å². The smallest absolute Gasteiger partial charge is 0.240 e. The number of carbonyl (C=O) groups excluding carboxylic acids is 2. The summed E-state index contributed by atoms with van der Waals surface area (Å²) in [5.41, 5.74) is 1.09. The van der Waals surface area contributed by atoms with E-state index in [-0.39, 0.29) is 11.5 Å². The van der Waals surface area contributed by atoms with Crippen molar-refractivity contribution in [1.82, 2.24) is 0 Å². The van der Waals surface area contributed by atoms with Crippen molar-refractivity contribution < 1.29 is 9.59 Å². The van der Waals surface area contributed by atoms with Gasteiger partial charge in [-0.25, -0.2) is 4.79 Å². The third kappa shape index (κ3) is 2.54. The van der Waals surface area contributed by atoms with Crippen molar-refractivity contribution in [2.45, 2.75) is 0 Å². The highest BCUT2D eigenvalue weighted by Crippen LogP contribution is 2.25. The van der Waals surface area contributed by atoms with E-state index in [2.05, 4.69) is 4.99 Å². The molecule has 3 nitrogen and oxygen atoms in total. The van der Waals surface area contributed by atoms with E-state index in [1.165, 1.54) is 12.1 Å². The van der Waals surface area contributed by atoms with Crippen molar-refractivity contribution in [1.29, 1.82) is 0 Å². The molecule has 0 saturated heterocycles. The van der Waals surface area contributed by atoms with E-state index >= 15 is 0 Å². The van der Waals surface area contributed by atoms with E-state index < -0.39 is 0 Å². The van der Waals surface area contributed by atoms with E-state index in [9.17, 15) is 9.59 Å². The summed E-state index contributed by atoms with van der Waals surface area (Å²) in [6.07, 6.45) is 1.42. The third-order valence-electron chi connectivity index (χ3n) is 2.41. The second-order valence-corrected chi connectivity index (χ2v) is 4.00. The zero-order valence-corrected chi connectivity index (χ0v) is 10.0. The summed E-state index contributed by atoms with van der Waals surface area (Å²) >= 11 is 5.80. The van der Waals surface area contributed by atoms with Crippen LogP contribution in [-0.4, -0.2) is 11.9 Å². The highest BCUT2D eigenvalue weighted by molar-refractivity contribution is 6.31. The van der Waals surface area contributed by atoms with Gasteiger partial charge in [0.1, 0.15) is 0 Å². The van der Waals surface area contributed by atoms with Gasteiger partial charge in [-0.2, -0.15) is 4.99 Å². The van der Waals surface area contributed by atoms with Gasteiger partial charge in [-0.1, -0.05) is 41.9 Å². The van der Waals surface area contributed by atoms with Crippen LogP contribution >= 0.6 is 11.6 Å². The van der Waals surface area contributed by atoms with Crippen LogP contribution in [0.3, 0.4) is 0 Å². The van der Waals surface area contributed by atoms with Crippen LogP contribution in [0.1, 0.15) is 15.9 Å². The Labute approximate surface area is 109 Å².